The van der Waals surface area contributed by atoms with Gasteiger partial charge < -0.3 is 20.4 Å². The van der Waals surface area contributed by atoms with E-state index in [1.807, 2.05) is 13.8 Å². The Bertz CT molecular complexity index is 698. The monoisotopic (exact) mass is 398 g/mol. The van der Waals surface area contributed by atoms with Gasteiger partial charge in [0.25, 0.3) is 11.4 Å². The third-order valence-electron chi connectivity index (χ3n) is 2.49. The van der Waals surface area contributed by atoms with Gasteiger partial charge in [-0.05, 0) is 13.8 Å². The van der Waals surface area contributed by atoms with E-state index in [0.717, 1.165) is 11.1 Å². The molecule has 0 atom stereocenters. The van der Waals surface area contributed by atoms with Crippen molar-refractivity contribution in [1.29, 1.82) is 0 Å². The molecule has 0 aromatic heterocycles. The van der Waals surface area contributed by atoms with E-state index in [0.29, 0.717) is 0 Å². The van der Waals surface area contributed by atoms with Gasteiger partial charge in [-0.1, -0.05) is 35.4 Å². The minimum Gasteiger partial charge on any atom is -0.450 e. The number of carboxylic acid groups (broad SMARTS) is 4. The molecule has 0 bridgehead atoms. The molecule has 0 saturated carbocycles. The van der Waals surface area contributed by atoms with Crippen molar-refractivity contribution in [3.63, 3.8) is 0 Å². The minimum absolute atomic E-state index is 0.144. The summed E-state index contributed by atoms with van der Waals surface area (Å²) in [6.45, 7) is 3.79. The second kappa shape index (κ2) is 14.0. The number of nitrogens with zero attached hydrogens (tertiary/aromatic N) is 2. The number of hydrogen-bond acceptors (Lipinski definition) is 6. The zero-order chi connectivity index (χ0) is 22.3. The van der Waals surface area contributed by atoms with Crippen LogP contribution in [-0.4, -0.2) is 42.6 Å². The Balaban J connectivity index is 0. The molecule has 0 spiro atoms. The molecule has 0 aliphatic carbocycles. The van der Waals surface area contributed by atoms with Crippen LogP contribution < -0.4 is 0 Å². The van der Waals surface area contributed by atoms with Crippen molar-refractivity contribution in [3.8, 4) is 0 Å². The van der Waals surface area contributed by atoms with Crippen LogP contribution in [0.4, 0.5) is 21.0 Å². The van der Waals surface area contributed by atoms with E-state index >= 15 is 0 Å². The van der Waals surface area contributed by atoms with Gasteiger partial charge in [-0.25, -0.2) is 9.59 Å². The van der Waals surface area contributed by atoms with E-state index in [9.17, 15) is 20.2 Å². The highest BCUT2D eigenvalue weighted by Gasteiger charge is 2.01. The van der Waals surface area contributed by atoms with Crippen LogP contribution >= 0.6 is 0 Å². The van der Waals surface area contributed by atoms with E-state index in [2.05, 4.69) is 0 Å². The van der Waals surface area contributed by atoms with Crippen LogP contribution in [0.1, 0.15) is 11.1 Å². The van der Waals surface area contributed by atoms with Crippen LogP contribution in [0.25, 0.3) is 0 Å². The van der Waals surface area contributed by atoms with Crippen LogP contribution in [-0.2, 0) is 0 Å². The summed E-state index contributed by atoms with van der Waals surface area (Å²) < 4.78 is 0. The highest BCUT2D eigenvalue weighted by Crippen LogP contribution is 2.11. The molecular formula is C16H18N2O10. The Morgan fingerprint density at radius 2 is 0.821 bits per heavy atom. The van der Waals surface area contributed by atoms with Crippen LogP contribution in [0, 0.1) is 34.1 Å². The molecule has 0 aliphatic rings. The summed E-state index contributed by atoms with van der Waals surface area (Å²) in [7, 11) is 0. The molecule has 0 unspecified atom stereocenters. The molecule has 12 nitrogen and oxygen atoms in total. The molecule has 2 aromatic rings. The highest BCUT2D eigenvalue weighted by molar-refractivity contribution is 5.53. The van der Waals surface area contributed by atoms with Gasteiger partial charge in [-0.3, -0.25) is 20.2 Å². The van der Waals surface area contributed by atoms with Gasteiger partial charge in [0.2, 0.25) is 0 Å². The lowest BCUT2D eigenvalue weighted by molar-refractivity contribution is -0.385. The summed E-state index contributed by atoms with van der Waals surface area (Å²) in [6.07, 6.45) is -3.67. The van der Waals surface area contributed by atoms with E-state index in [1.165, 1.54) is 24.3 Å². The summed E-state index contributed by atoms with van der Waals surface area (Å²) in [5, 5.41) is 48.1. The van der Waals surface area contributed by atoms with E-state index < -0.39 is 22.2 Å². The van der Waals surface area contributed by atoms with Crippen molar-refractivity contribution in [2.24, 2.45) is 0 Å². The molecule has 2 rings (SSSR count). The smallest absolute Gasteiger partial charge is 0.450 e. The topological polar surface area (TPSA) is 201 Å². The zero-order valence-electron chi connectivity index (χ0n) is 14.8. The molecular weight excluding hydrogens is 380 g/mol. The molecule has 0 fully saturated rings. The number of rotatable bonds is 2. The average Bonchev–Trinajstić information content (AvgIpc) is 2.55. The lowest BCUT2D eigenvalue weighted by Crippen LogP contribution is -1.86. The first-order valence-electron chi connectivity index (χ1n) is 7.12. The number of nitro groups is 2. The maximum Gasteiger partial charge on any atom is 0.503 e. The fraction of sp³-hybridized carbons (Fsp3) is 0.125. The second-order valence-electron chi connectivity index (χ2n) is 4.75. The number of carbonyl (C=O) groups is 2. The van der Waals surface area contributed by atoms with Crippen molar-refractivity contribution in [2.75, 3.05) is 0 Å². The Kier molecular flexibility index (Phi) is 13.0. The molecule has 2 aromatic carbocycles. The molecule has 0 amide bonds. The second-order valence-corrected chi connectivity index (χ2v) is 4.75. The lowest BCUT2D eigenvalue weighted by atomic mass is 10.2. The molecule has 28 heavy (non-hydrogen) atoms. The van der Waals surface area contributed by atoms with Gasteiger partial charge >= 0.3 is 12.3 Å². The van der Waals surface area contributed by atoms with Crippen molar-refractivity contribution in [1.82, 2.24) is 0 Å². The Labute approximate surface area is 158 Å². The maximum atomic E-state index is 10.1. The Morgan fingerprint density at radius 3 is 0.964 bits per heavy atom. The van der Waals surface area contributed by atoms with Crippen LogP contribution in [0.3, 0.4) is 0 Å². The number of nitro benzene ring substituents is 2. The maximum absolute atomic E-state index is 10.1. The van der Waals surface area contributed by atoms with Crippen molar-refractivity contribution in [2.45, 2.75) is 13.8 Å². The summed E-state index contributed by atoms with van der Waals surface area (Å²) in [5.41, 5.74) is 2.35. The first-order valence-corrected chi connectivity index (χ1v) is 7.12. The summed E-state index contributed by atoms with van der Waals surface area (Å²) in [6, 6.07) is 12.9. The molecule has 152 valence electrons. The predicted molar refractivity (Wildman–Crippen MR) is 97.0 cm³/mol. The van der Waals surface area contributed by atoms with Gasteiger partial charge in [0.1, 0.15) is 0 Å². The first-order chi connectivity index (χ1) is 12.9. The fourth-order valence-electron chi connectivity index (χ4n) is 1.33. The van der Waals surface area contributed by atoms with Gasteiger partial charge in [-0.2, -0.15) is 0 Å². The van der Waals surface area contributed by atoms with Gasteiger partial charge in [0.05, 0.1) is 9.85 Å². The average molecular weight is 398 g/mol. The molecule has 0 saturated heterocycles. The Morgan fingerprint density at radius 1 is 0.643 bits per heavy atom. The van der Waals surface area contributed by atoms with Crippen molar-refractivity contribution in [3.05, 3.63) is 79.9 Å². The molecule has 4 N–H and O–H groups in total. The van der Waals surface area contributed by atoms with Crippen LogP contribution in [0.15, 0.2) is 48.5 Å². The zero-order valence-corrected chi connectivity index (χ0v) is 14.8. The lowest BCUT2D eigenvalue weighted by Gasteiger charge is -1.90. The van der Waals surface area contributed by atoms with Gasteiger partial charge in [0, 0.05) is 24.3 Å². The minimum atomic E-state index is -1.83. The van der Waals surface area contributed by atoms with Crippen molar-refractivity contribution >= 4 is 23.7 Å². The normalized spacial score (nSPS) is 8.36. The Hall–Kier alpha value is -4.22. The standard InChI is InChI=1S/2C7H7NO2.2CH2O3/c2*1-6-2-4-7(5-3-6)8(9)10;2*2-1(3)4/h2*2-5H,1H3;2*(H2,2,3,4). The largest absolute Gasteiger partial charge is 0.503 e. The SMILES string of the molecule is Cc1ccc([N+](=O)[O-])cc1.Cc1ccc([N+](=O)[O-])cc1.O=C(O)O.O=C(O)O. The quantitative estimate of drug-likeness (QED) is 0.418. The fourth-order valence-corrected chi connectivity index (χ4v) is 1.33. The van der Waals surface area contributed by atoms with Gasteiger partial charge in [0.15, 0.2) is 0 Å². The molecule has 0 aliphatic heterocycles. The van der Waals surface area contributed by atoms with Gasteiger partial charge in [-0.15, -0.1) is 0 Å². The summed E-state index contributed by atoms with van der Waals surface area (Å²) >= 11 is 0. The third kappa shape index (κ3) is 16.6. The highest BCUT2D eigenvalue weighted by atomic mass is 16.6. The third-order valence-corrected chi connectivity index (χ3v) is 2.49. The number of aryl methyl sites for hydroxylation is 2. The predicted octanol–water partition coefficient (Wildman–Crippen LogP) is 4.25. The molecule has 0 heterocycles. The first kappa shape index (κ1) is 26.0. The van der Waals surface area contributed by atoms with E-state index in [-0.39, 0.29) is 11.4 Å². The molecule has 0 radical (unpaired) electrons. The summed E-state index contributed by atoms with van der Waals surface area (Å²) in [5.74, 6) is 0. The van der Waals surface area contributed by atoms with E-state index in [4.69, 9.17) is 30.0 Å². The molecule has 12 heteroatoms. The van der Waals surface area contributed by atoms with Crippen molar-refractivity contribution < 1.29 is 39.9 Å². The number of benzene rings is 2. The van der Waals surface area contributed by atoms with Crippen LogP contribution in [0.2, 0.25) is 0 Å². The summed E-state index contributed by atoms with van der Waals surface area (Å²) in [4.78, 5) is 36.5. The number of non-ortho nitro benzene ring substituents is 2. The van der Waals surface area contributed by atoms with Crippen LogP contribution in [0.5, 0.6) is 0 Å². The number of hydrogen-bond donors (Lipinski definition) is 4. The van der Waals surface area contributed by atoms with E-state index in [1.54, 1.807) is 24.3 Å².